The maximum absolute atomic E-state index is 13.5. The Hall–Kier alpha value is -2.59. The molecule has 0 saturated heterocycles. The van der Waals surface area contributed by atoms with Crippen LogP contribution in [0.4, 0.5) is 5.69 Å². The van der Waals surface area contributed by atoms with Crippen molar-refractivity contribution in [1.82, 2.24) is 10.2 Å². The number of halogens is 1. The van der Waals surface area contributed by atoms with Crippen molar-refractivity contribution in [3.63, 3.8) is 0 Å². The van der Waals surface area contributed by atoms with Crippen LogP contribution in [0.5, 0.6) is 5.75 Å². The largest absolute Gasteiger partial charge is 0.497 e. The molecule has 0 heterocycles. The monoisotopic (exact) mass is 539 g/mol. The Morgan fingerprint density at radius 2 is 1.82 bits per heavy atom. The number of hydrogen-bond acceptors (Lipinski definition) is 5. The topological polar surface area (TPSA) is 96.0 Å². The van der Waals surface area contributed by atoms with Crippen LogP contribution < -0.4 is 14.4 Å². The number of anilines is 1. The number of ether oxygens (including phenoxy) is 1. The van der Waals surface area contributed by atoms with Gasteiger partial charge in [-0.2, -0.15) is 0 Å². The molecule has 0 aliphatic carbocycles. The number of nitrogens with zero attached hydrogens (tertiary/aromatic N) is 2. The first-order chi connectivity index (χ1) is 15.6. The molecule has 10 heteroatoms. The van der Waals surface area contributed by atoms with E-state index < -0.39 is 28.5 Å². The van der Waals surface area contributed by atoms with Crippen molar-refractivity contribution >= 4 is 43.5 Å². The van der Waals surface area contributed by atoms with E-state index >= 15 is 0 Å². The van der Waals surface area contributed by atoms with Gasteiger partial charge in [0.25, 0.3) is 0 Å². The zero-order valence-electron chi connectivity index (χ0n) is 19.2. The van der Waals surface area contributed by atoms with Crippen LogP contribution in [0.2, 0.25) is 0 Å². The van der Waals surface area contributed by atoms with E-state index in [9.17, 15) is 18.0 Å². The van der Waals surface area contributed by atoms with Gasteiger partial charge in [-0.25, -0.2) is 8.42 Å². The van der Waals surface area contributed by atoms with Crippen molar-refractivity contribution in [2.24, 2.45) is 0 Å². The number of rotatable bonds is 11. The molecule has 0 saturated carbocycles. The Labute approximate surface area is 204 Å². The lowest BCUT2D eigenvalue weighted by molar-refractivity contribution is -0.140. The number of carbonyl (C=O) groups excluding carboxylic acids is 2. The van der Waals surface area contributed by atoms with Gasteiger partial charge in [0, 0.05) is 17.6 Å². The second-order valence-corrected chi connectivity index (χ2v) is 10.2. The van der Waals surface area contributed by atoms with E-state index in [1.165, 1.54) is 4.90 Å². The molecule has 33 heavy (non-hydrogen) atoms. The minimum Gasteiger partial charge on any atom is -0.497 e. The minimum absolute atomic E-state index is 0.124. The molecule has 2 aromatic rings. The van der Waals surface area contributed by atoms with Crippen LogP contribution in [0.25, 0.3) is 0 Å². The molecule has 0 aliphatic rings. The van der Waals surface area contributed by atoms with E-state index in [4.69, 9.17) is 4.74 Å². The zero-order valence-corrected chi connectivity index (χ0v) is 21.6. The molecule has 0 aliphatic heterocycles. The molecule has 0 aromatic heterocycles. The Kier molecular flexibility index (Phi) is 9.72. The second kappa shape index (κ2) is 12.0. The van der Waals surface area contributed by atoms with Gasteiger partial charge >= 0.3 is 0 Å². The molecular formula is C23H30BrN3O5S. The van der Waals surface area contributed by atoms with Crippen molar-refractivity contribution in [1.29, 1.82) is 0 Å². The van der Waals surface area contributed by atoms with Crippen LogP contribution in [0.1, 0.15) is 25.8 Å². The van der Waals surface area contributed by atoms with Crippen molar-refractivity contribution in [2.45, 2.75) is 32.9 Å². The fraction of sp³-hybridized carbons (Fsp3) is 0.391. The third kappa shape index (κ3) is 7.20. The molecule has 0 fully saturated rings. The van der Waals surface area contributed by atoms with E-state index in [2.05, 4.69) is 21.2 Å². The number of nitrogens with one attached hydrogen (secondary N) is 1. The number of benzene rings is 2. The highest BCUT2D eigenvalue weighted by Gasteiger charge is 2.32. The Morgan fingerprint density at radius 3 is 2.39 bits per heavy atom. The standard InChI is InChI=1S/C23H30BrN3O5S/c1-5-20(23(29)25-6-2)26(15-17-10-9-11-18(14-17)32-3)22(28)16-27(33(4,30)31)21-13-8-7-12-19(21)24/h7-14,20H,5-6,15-16H2,1-4H3,(H,25,29). The summed E-state index contributed by atoms with van der Waals surface area (Å²) in [6.07, 6.45) is 1.42. The molecule has 0 spiro atoms. The summed E-state index contributed by atoms with van der Waals surface area (Å²) in [7, 11) is -2.23. The summed E-state index contributed by atoms with van der Waals surface area (Å²) in [5.41, 5.74) is 1.11. The van der Waals surface area contributed by atoms with E-state index in [0.717, 1.165) is 16.1 Å². The maximum Gasteiger partial charge on any atom is 0.244 e. The summed E-state index contributed by atoms with van der Waals surface area (Å²) >= 11 is 3.36. The molecular weight excluding hydrogens is 510 g/mol. The van der Waals surface area contributed by atoms with Crippen molar-refractivity contribution in [3.05, 3.63) is 58.6 Å². The fourth-order valence-corrected chi connectivity index (χ4v) is 4.91. The number of sulfonamides is 1. The first kappa shape index (κ1) is 26.7. The normalized spacial score (nSPS) is 12.0. The fourth-order valence-electron chi connectivity index (χ4n) is 3.43. The van der Waals surface area contributed by atoms with Crippen molar-refractivity contribution in [2.75, 3.05) is 30.8 Å². The first-order valence-corrected chi connectivity index (χ1v) is 13.2. The smallest absolute Gasteiger partial charge is 0.244 e. The predicted molar refractivity (Wildman–Crippen MR) is 133 cm³/mol. The second-order valence-electron chi connectivity index (χ2n) is 7.41. The number of likely N-dealkylation sites (N-methyl/N-ethyl adjacent to an activating group) is 1. The highest BCUT2D eigenvalue weighted by atomic mass is 79.9. The molecule has 2 amide bonds. The van der Waals surface area contributed by atoms with Gasteiger partial charge in [-0.3, -0.25) is 13.9 Å². The van der Waals surface area contributed by atoms with Gasteiger partial charge in [-0.1, -0.05) is 31.2 Å². The van der Waals surface area contributed by atoms with E-state index in [1.807, 2.05) is 13.0 Å². The summed E-state index contributed by atoms with van der Waals surface area (Å²) < 4.78 is 32.1. The molecule has 0 bridgehead atoms. The van der Waals surface area contributed by atoms with Crippen LogP contribution in [-0.2, 0) is 26.2 Å². The average Bonchev–Trinajstić information content (AvgIpc) is 2.77. The van der Waals surface area contributed by atoms with Gasteiger partial charge in [-0.15, -0.1) is 0 Å². The Balaban J connectivity index is 2.46. The minimum atomic E-state index is -3.78. The van der Waals surface area contributed by atoms with Crippen LogP contribution in [-0.4, -0.2) is 57.6 Å². The lowest BCUT2D eigenvalue weighted by Gasteiger charge is -2.33. The molecule has 1 unspecified atom stereocenters. The molecule has 1 atom stereocenters. The molecule has 0 radical (unpaired) electrons. The van der Waals surface area contributed by atoms with Gasteiger partial charge in [0.2, 0.25) is 21.8 Å². The third-order valence-electron chi connectivity index (χ3n) is 5.02. The van der Waals surface area contributed by atoms with Gasteiger partial charge < -0.3 is 15.0 Å². The van der Waals surface area contributed by atoms with Crippen LogP contribution in [0.3, 0.4) is 0 Å². The van der Waals surface area contributed by atoms with Gasteiger partial charge in [-0.05, 0) is 59.1 Å². The lowest BCUT2D eigenvalue weighted by atomic mass is 10.1. The molecule has 8 nitrogen and oxygen atoms in total. The summed E-state index contributed by atoms with van der Waals surface area (Å²) in [5, 5.41) is 2.77. The average molecular weight is 540 g/mol. The highest BCUT2D eigenvalue weighted by molar-refractivity contribution is 9.10. The zero-order chi connectivity index (χ0) is 24.6. The number of para-hydroxylation sites is 1. The van der Waals surface area contributed by atoms with E-state index in [1.54, 1.807) is 56.5 Å². The molecule has 2 rings (SSSR count). The lowest BCUT2D eigenvalue weighted by Crippen LogP contribution is -2.52. The van der Waals surface area contributed by atoms with E-state index in [-0.39, 0.29) is 12.5 Å². The van der Waals surface area contributed by atoms with Crippen LogP contribution in [0.15, 0.2) is 53.0 Å². The highest BCUT2D eigenvalue weighted by Crippen LogP contribution is 2.28. The third-order valence-corrected chi connectivity index (χ3v) is 6.82. The summed E-state index contributed by atoms with van der Waals surface area (Å²) in [6.45, 7) is 3.72. The number of amides is 2. The summed E-state index contributed by atoms with van der Waals surface area (Å²) in [5.74, 6) is -0.155. The van der Waals surface area contributed by atoms with Crippen molar-refractivity contribution in [3.8, 4) is 5.75 Å². The molecule has 2 aromatic carbocycles. The molecule has 180 valence electrons. The van der Waals surface area contributed by atoms with Gasteiger partial charge in [0.05, 0.1) is 19.1 Å². The van der Waals surface area contributed by atoms with Crippen LogP contribution >= 0.6 is 15.9 Å². The number of hydrogen-bond donors (Lipinski definition) is 1. The quantitative estimate of drug-likeness (QED) is 0.473. The van der Waals surface area contributed by atoms with E-state index in [0.29, 0.717) is 28.9 Å². The summed E-state index contributed by atoms with van der Waals surface area (Å²) in [4.78, 5) is 27.7. The van der Waals surface area contributed by atoms with Gasteiger partial charge in [0.15, 0.2) is 0 Å². The SMILES string of the molecule is CCNC(=O)C(CC)N(Cc1cccc(OC)c1)C(=O)CN(c1ccccc1Br)S(C)(=O)=O. The summed E-state index contributed by atoms with van der Waals surface area (Å²) in [6, 6.07) is 13.2. The first-order valence-electron chi connectivity index (χ1n) is 10.5. The Morgan fingerprint density at radius 1 is 1.12 bits per heavy atom. The number of methoxy groups -OCH3 is 1. The van der Waals surface area contributed by atoms with Gasteiger partial charge in [0.1, 0.15) is 18.3 Å². The Bertz CT molecular complexity index is 1080. The maximum atomic E-state index is 13.5. The van der Waals surface area contributed by atoms with Crippen molar-refractivity contribution < 1.29 is 22.7 Å². The number of carbonyl (C=O) groups is 2. The predicted octanol–water partition coefficient (Wildman–Crippen LogP) is 3.17. The molecule has 1 N–H and O–H groups in total. The van der Waals surface area contributed by atoms with Crippen LogP contribution in [0, 0.1) is 0 Å².